The van der Waals surface area contributed by atoms with E-state index < -0.39 is 26.6 Å². The van der Waals surface area contributed by atoms with E-state index in [0.29, 0.717) is 17.4 Å². The number of unbranched alkanes of at least 4 members (excludes halogenated alkanes) is 27. The van der Waals surface area contributed by atoms with Crippen LogP contribution in [0.2, 0.25) is 0 Å². The van der Waals surface area contributed by atoms with E-state index in [9.17, 15) is 19.4 Å². The lowest BCUT2D eigenvalue weighted by Gasteiger charge is -2.29. The molecule has 0 bridgehead atoms. The Balaban J connectivity index is 4.30. The van der Waals surface area contributed by atoms with Crippen LogP contribution >= 0.6 is 7.82 Å². The van der Waals surface area contributed by atoms with E-state index in [1.54, 1.807) is 6.08 Å². The zero-order valence-electron chi connectivity index (χ0n) is 38.8. The molecule has 0 aromatic heterocycles. The molecule has 0 radical (unpaired) electrons. The number of rotatable bonds is 44. The van der Waals surface area contributed by atoms with Crippen LogP contribution in [0.3, 0.4) is 0 Å². The van der Waals surface area contributed by atoms with Crippen molar-refractivity contribution in [2.45, 2.75) is 231 Å². The maximum Gasteiger partial charge on any atom is 0.268 e. The van der Waals surface area contributed by atoms with Gasteiger partial charge in [-0.1, -0.05) is 192 Å². The largest absolute Gasteiger partial charge is 0.756 e. The third kappa shape index (κ3) is 42.8. The van der Waals surface area contributed by atoms with Crippen molar-refractivity contribution in [2.75, 3.05) is 40.9 Å². The fraction of sp³-hybridized carbons (Fsp3) is 0.857. The highest BCUT2D eigenvalue weighted by molar-refractivity contribution is 7.45. The highest BCUT2D eigenvalue weighted by Gasteiger charge is 2.23. The lowest BCUT2D eigenvalue weighted by Crippen LogP contribution is -2.45. The van der Waals surface area contributed by atoms with E-state index in [0.717, 1.165) is 38.5 Å². The van der Waals surface area contributed by atoms with Crippen molar-refractivity contribution >= 4 is 13.7 Å². The molecule has 0 saturated heterocycles. The van der Waals surface area contributed by atoms with Crippen LogP contribution < -0.4 is 10.2 Å². The summed E-state index contributed by atoms with van der Waals surface area (Å²) >= 11 is 0. The molecule has 2 N–H and O–H groups in total. The average Bonchev–Trinajstić information content (AvgIpc) is 3.17. The van der Waals surface area contributed by atoms with Crippen molar-refractivity contribution in [3.05, 3.63) is 36.5 Å². The maximum atomic E-state index is 12.9. The van der Waals surface area contributed by atoms with Crippen LogP contribution in [0.5, 0.6) is 0 Å². The van der Waals surface area contributed by atoms with E-state index in [-0.39, 0.29) is 12.5 Å². The highest BCUT2D eigenvalue weighted by Crippen LogP contribution is 2.38. The smallest absolute Gasteiger partial charge is 0.268 e. The highest BCUT2D eigenvalue weighted by atomic mass is 31.2. The van der Waals surface area contributed by atoms with Crippen molar-refractivity contribution in [1.29, 1.82) is 0 Å². The van der Waals surface area contributed by atoms with Crippen LogP contribution in [0.15, 0.2) is 36.5 Å². The summed E-state index contributed by atoms with van der Waals surface area (Å²) in [5.41, 5.74) is 0. The Morgan fingerprint density at radius 2 is 0.966 bits per heavy atom. The Labute approximate surface area is 359 Å². The van der Waals surface area contributed by atoms with Gasteiger partial charge in [0.25, 0.3) is 7.82 Å². The number of nitrogens with one attached hydrogen (secondary N) is 1. The Hall–Kier alpha value is -1.28. The summed E-state index contributed by atoms with van der Waals surface area (Å²) < 4.78 is 23.2. The molecule has 0 aromatic rings. The lowest BCUT2D eigenvalue weighted by molar-refractivity contribution is -0.870. The van der Waals surface area contributed by atoms with Gasteiger partial charge in [0.15, 0.2) is 0 Å². The van der Waals surface area contributed by atoms with Crippen molar-refractivity contribution in [3.63, 3.8) is 0 Å². The maximum absolute atomic E-state index is 12.9. The molecule has 1 amide bonds. The summed E-state index contributed by atoms with van der Waals surface area (Å²) in [6.07, 6.45) is 50.6. The van der Waals surface area contributed by atoms with E-state index >= 15 is 0 Å². The summed E-state index contributed by atoms with van der Waals surface area (Å²) in [5.74, 6) is -0.212. The molecule has 0 aliphatic carbocycles. The van der Waals surface area contributed by atoms with E-state index in [1.807, 2.05) is 27.2 Å². The van der Waals surface area contributed by atoms with E-state index in [4.69, 9.17) is 9.05 Å². The van der Waals surface area contributed by atoms with Gasteiger partial charge < -0.3 is 28.8 Å². The minimum atomic E-state index is -4.60. The fourth-order valence-electron chi connectivity index (χ4n) is 6.93. The van der Waals surface area contributed by atoms with Gasteiger partial charge in [0, 0.05) is 6.42 Å². The van der Waals surface area contributed by atoms with Gasteiger partial charge >= 0.3 is 0 Å². The quantitative estimate of drug-likeness (QED) is 0.0274. The lowest BCUT2D eigenvalue weighted by atomic mass is 10.0. The third-order valence-electron chi connectivity index (χ3n) is 10.8. The van der Waals surface area contributed by atoms with Crippen molar-refractivity contribution < 1.29 is 32.9 Å². The molecule has 342 valence electrons. The second kappa shape index (κ2) is 41.1. The number of quaternary nitrogens is 1. The number of carbonyl (C=O) groups excluding carboxylic acids is 1. The first-order chi connectivity index (χ1) is 28.0. The van der Waals surface area contributed by atoms with Gasteiger partial charge in [-0.3, -0.25) is 9.36 Å². The van der Waals surface area contributed by atoms with Gasteiger partial charge in [-0.2, -0.15) is 0 Å². The first-order valence-corrected chi connectivity index (χ1v) is 25.8. The monoisotopic (exact) mass is 839 g/mol. The fourth-order valence-corrected chi connectivity index (χ4v) is 7.65. The van der Waals surface area contributed by atoms with Gasteiger partial charge in [0.2, 0.25) is 5.91 Å². The van der Waals surface area contributed by atoms with Gasteiger partial charge in [-0.05, 0) is 57.8 Å². The predicted octanol–water partition coefficient (Wildman–Crippen LogP) is 13.2. The normalized spacial score (nSPS) is 14.5. The number of aliphatic hydroxyl groups excluding tert-OH is 1. The molecular formula is C49H95N2O6P. The van der Waals surface area contributed by atoms with Gasteiger partial charge in [-0.25, -0.2) is 0 Å². The number of aliphatic hydroxyl groups is 1. The Morgan fingerprint density at radius 3 is 1.40 bits per heavy atom. The Morgan fingerprint density at radius 1 is 0.586 bits per heavy atom. The Kier molecular flexibility index (Phi) is 40.2. The van der Waals surface area contributed by atoms with Gasteiger partial charge in [-0.15, -0.1) is 0 Å². The third-order valence-corrected chi connectivity index (χ3v) is 11.8. The molecule has 0 aliphatic rings. The Bertz CT molecular complexity index is 1040. The molecule has 3 atom stereocenters. The molecule has 58 heavy (non-hydrogen) atoms. The van der Waals surface area contributed by atoms with Crippen LogP contribution in [0.4, 0.5) is 0 Å². The van der Waals surface area contributed by atoms with Crippen molar-refractivity contribution in [1.82, 2.24) is 5.32 Å². The summed E-state index contributed by atoms with van der Waals surface area (Å²) in [5, 5.41) is 13.8. The van der Waals surface area contributed by atoms with Crippen LogP contribution in [0.25, 0.3) is 0 Å². The number of carbonyl (C=O) groups is 1. The summed E-state index contributed by atoms with van der Waals surface area (Å²) in [6.45, 7) is 4.62. The van der Waals surface area contributed by atoms with Gasteiger partial charge in [0.05, 0.1) is 39.9 Å². The number of phosphoric acid groups is 1. The number of hydrogen-bond donors (Lipinski definition) is 2. The average molecular weight is 839 g/mol. The second-order valence-corrected chi connectivity index (χ2v) is 19.2. The van der Waals surface area contributed by atoms with E-state index in [2.05, 4.69) is 43.5 Å². The molecule has 0 aliphatic heterocycles. The molecule has 9 heteroatoms. The number of allylic oxidation sites excluding steroid dienone is 5. The molecule has 8 nitrogen and oxygen atoms in total. The molecule has 3 unspecified atom stereocenters. The zero-order valence-corrected chi connectivity index (χ0v) is 39.6. The first kappa shape index (κ1) is 56.7. The number of nitrogens with zero attached hydrogens (tertiary/aromatic N) is 1. The van der Waals surface area contributed by atoms with Crippen molar-refractivity contribution in [2.24, 2.45) is 0 Å². The van der Waals surface area contributed by atoms with Crippen molar-refractivity contribution in [3.8, 4) is 0 Å². The number of likely N-dealkylation sites (N-methyl/N-ethyl adjacent to an activating group) is 1. The second-order valence-electron chi connectivity index (χ2n) is 17.8. The minimum Gasteiger partial charge on any atom is -0.756 e. The summed E-state index contributed by atoms with van der Waals surface area (Å²) in [6, 6.07) is -0.903. The van der Waals surface area contributed by atoms with Crippen LogP contribution in [-0.4, -0.2) is 68.5 Å². The number of hydrogen-bond acceptors (Lipinski definition) is 6. The SMILES string of the molecule is CCCCCCCCC/C=C/CC/C=C/C(O)C(COP(=O)([O-])OCC[N+](C)(C)C)NC(=O)CCCCCCCCC/C=C\CCCCCCCCCCCCCC. The molecular weight excluding hydrogens is 744 g/mol. The standard InChI is InChI=1S/C49H95N2O6P/c1-6-8-10-12-14-16-18-20-21-22-23-24-25-26-27-28-29-31-33-35-37-39-41-43-49(53)50-47(46-57-58(54,55)56-45-44-51(3,4)5)48(52)42-40-38-36-34-32-30-19-17-15-13-11-9-7-2/h26-27,32,34,40,42,47-48,52H,6-25,28-31,33,35-39,41,43-46H2,1-5H3,(H-,50,53,54,55)/b27-26-,34-32+,42-40+. The zero-order chi connectivity index (χ0) is 42.8. The number of amides is 1. The van der Waals surface area contributed by atoms with Crippen LogP contribution in [-0.2, 0) is 18.4 Å². The molecule has 0 rings (SSSR count). The van der Waals surface area contributed by atoms with Crippen LogP contribution in [0.1, 0.15) is 219 Å². The number of phosphoric ester groups is 1. The van der Waals surface area contributed by atoms with Gasteiger partial charge in [0.1, 0.15) is 13.2 Å². The first-order valence-electron chi connectivity index (χ1n) is 24.4. The van der Waals surface area contributed by atoms with Crippen LogP contribution in [0, 0.1) is 0 Å². The topological polar surface area (TPSA) is 108 Å². The van der Waals surface area contributed by atoms with E-state index in [1.165, 1.54) is 161 Å². The molecule has 0 saturated carbocycles. The molecule has 0 spiro atoms. The summed E-state index contributed by atoms with van der Waals surface area (Å²) in [7, 11) is 1.24. The minimum absolute atomic E-state index is 0.00712. The molecule has 0 fully saturated rings. The summed E-state index contributed by atoms with van der Waals surface area (Å²) in [4.78, 5) is 25.3. The molecule has 0 aromatic carbocycles. The molecule has 0 heterocycles. The predicted molar refractivity (Wildman–Crippen MR) is 247 cm³/mol.